The Kier molecular flexibility index (Phi) is 18.0. The molecular formula is C21H44O5. The Hall–Kier alpha value is -0.200. The molecule has 0 fully saturated rings. The molecule has 0 heterocycles. The van der Waals surface area contributed by atoms with Gasteiger partial charge >= 0.3 is 0 Å². The number of hydrogen-bond acceptors (Lipinski definition) is 5. The van der Waals surface area contributed by atoms with Gasteiger partial charge in [0.15, 0.2) is 0 Å². The zero-order valence-corrected chi connectivity index (χ0v) is 18.0. The van der Waals surface area contributed by atoms with Crippen molar-refractivity contribution < 1.29 is 24.0 Å². The SMILES string of the molecule is CCCCCCCCC(CCCOOCC)C(OCC)(OCC)OCC. The highest BCUT2D eigenvalue weighted by Crippen LogP contribution is 2.34. The molecule has 0 radical (unpaired) electrons. The molecule has 0 aromatic carbocycles. The van der Waals surface area contributed by atoms with E-state index in [0.29, 0.717) is 33.0 Å². The first-order valence-corrected chi connectivity index (χ1v) is 10.9. The van der Waals surface area contributed by atoms with Crippen LogP contribution in [0.3, 0.4) is 0 Å². The molecule has 0 aromatic heterocycles. The largest absolute Gasteiger partial charge is 0.328 e. The van der Waals surface area contributed by atoms with Crippen LogP contribution in [0.1, 0.15) is 92.4 Å². The Balaban J connectivity index is 4.74. The van der Waals surface area contributed by atoms with Gasteiger partial charge in [0.25, 0.3) is 5.97 Å². The van der Waals surface area contributed by atoms with Crippen molar-refractivity contribution >= 4 is 0 Å². The lowest BCUT2D eigenvalue weighted by Gasteiger charge is -2.39. The monoisotopic (exact) mass is 376 g/mol. The van der Waals surface area contributed by atoms with Crippen molar-refractivity contribution in [1.29, 1.82) is 0 Å². The van der Waals surface area contributed by atoms with Crippen LogP contribution in [0.4, 0.5) is 0 Å². The van der Waals surface area contributed by atoms with E-state index in [1.165, 1.54) is 38.5 Å². The van der Waals surface area contributed by atoms with E-state index in [9.17, 15) is 0 Å². The van der Waals surface area contributed by atoms with Crippen molar-refractivity contribution in [2.24, 2.45) is 5.92 Å². The first kappa shape index (κ1) is 25.8. The van der Waals surface area contributed by atoms with Gasteiger partial charge < -0.3 is 14.2 Å². The van der Waals surface area contributed by atoms with E-state index < -0.39 is 5.97 Å². The second-order valence-corrected chi connectivity index (χ2v) is 6.53. The molecule has 1 atom stereocenters. The summed E-state index contributed by atoms with van der Waals surface area (Å²) in [6.07, 6.45) is 10.6. The molecule has 1 unspecified atom stereocenters. The Bertz CT molecular complexity index is 269. The van der Waals surface area contributed by atoms with Crippen molar-refractivity contribution in [2.45, 2.75) is 98.4 Å². The summed E-state index contributed by atoms with van der Waals surface area (Å²) >= 11 is 0. The van der Waals surface area contributed by atoms with E-state index >= 15 is 0 Å². The van der Waals surface area contributed by atoms with Crippen LogP contribution in [-0.4, -0.2) is 39.0 Å². The highest BCUT2D eigenvalue weighted by molar-refractivity contribution is 4.73. The number of hydrogen-bond donors (Lipinski definition) is 0. The lowest BCUT2D eigenvalue weighted by atomic mass is 9.93. The molecule has 0 aliphatic carbocycles. The van der Waals surface area contributed by atoms with Crippen LogP contribution in [0, 0.1) is 5.92 Å². The molecule has 0 spiro atoms. The molecule has 0 aromatic rings. The first-order valence-electron chi connectivity index (χ1n) is 10.9. The summed E-state index contributed by atoms with van der Waals surface area (Å²) in [5.74, 6) is -0.744. The van der Waals surface area contributed by atoms with Gasteiger partial charge in [-0.3, -0.25) is 0 Å². The molecule has 26 heavy (non-hydrogen) atoms. The van der Waals surface area contributed by atoms with E-state index in [1.54, 1.807) is 0 Å². The molecule has 0 amide bonds. The minimum absolute atomic E-state index is 0.193. The van der Waals surface area contributed by atoms with E-state index in [2.05, 4.69) is 6.92 Å². The maximum absolute atomic E-state index is 6.03. The summed E-state index contributed by atoms with van der Waals surface area (Å²) in [6, 6.07) is 0. The molecule has 0 saturated heterocycles. The van der Waals surface area contributed by atoms with Crippen LogP contribution < -0.4 is 0 Å². The maximum Gasteiger partial charge on any atom is 0.285 e. The van der Waals surface area contributed by atoms with Gasteiger partial charge in [-0.25, -0.2) is 9.78 Å². The summed E-state index contributed by atoms with van der Waals surface area (Å²) in [7, 11) is 0. The summed E-state index contributed by atoms with van der Waals surface area (Å²) in [5, 5.41) is 0. The molecule has 0 bridgehead atoms. The van der Waals surface area contributed by atoms with E-state index in [0.717, 1.165) is 19.3 Å². The first-order chi connectivity index (χ1) is 12.7. The van der Waals surface area contributed by atoms with Crippen LogP contribution in [0.5, 0.6) is 0 Å². The van der Waals surface area contributed by atoms with E-state index in [4.69, 9.17) is 24.0 Å². The average molecular weight is 377 g/mol. The molecule has 5 nitrogen and oxygen atoms in total. The van der Waals surface area contributed by atoms with Crippen molar-refractivity contribution in [1.82, 2.24) is 0 Å². The Morgan fingerprint density at radius 2 is 1.12 bits per heavy atom. The van der Waals surface area contributed by atoms with Gasteiger partial charge in [-0.2, -0.15) is 0 Å². The zero-order valence-electron chi connectivity index (χ0n) is 18.0. The van der Waals surface area contributed by atoms with Gasteiger partial charge in [0.1, 0.15) is 0 Å². The van der Waals surface area contributed by atoms with Crippen molar-refractivity contribution in [2.75, 3.05) is 33.0 Å². The maximum atomic E-state index is 6.03. The van der Waals surface area contributed by atoms with Gasteiger partial charge in [0, 0.05) is 25.7 Å². The van der Waals surface area contributed by atoms with Crippen LogP contribution in [0.25, 0.3) is 0 Å². The molecular weight excluding hydrogens is 332 g/mol. The second kappa shape index (κ2) is 18.2. The lowest BCUT2D eigenvalue weighted by Crippen LogP contribution is -2.47. The van der Waals surface area contributed by atoms with Gasteiger partial charge in [0.05, 0.1) is 13.2 Å². The fourth-order valence-electron chi connectivity index (χ4n) is 3.28. The van der Waals surface area contributed by atoms with Crippen LogP contribution >= 0.6 is 0 Å². The van der Waals surface area contributed by atoms with Gasteiger partial charge in [-0.1, -0.05) is 45.4 Å². The van der Waals surface area contributed by atoms with Crippen LogP contribution in [-0.2, 0) is 24.0 Å². The second-order valence-electron chi connectivity index (χ2n) is 6.53. The fourth-order valence-corrected chi connectivity index (χ4v) is 3.28. The third-order valence-corrected chi connectivity index (χ3v) is 4.42. The summed E-state index contributed by atoms with van der Waals surface area (Å²) in [6.45, 7) is 13.0. The Morgan fingerprint density at radius 3 is 1.65 bits per heavy atom. The molecule has 158 valence electrons. The zero-order chi connectivity index (χ0) is 19.5. The number of unbranched alkanes of at least 4 members (excludes halogenated alkanes) is 5. The smallest absolute Gasteiger partial charge is 0.285 e. The normalized spacial score (nSPS) is 13.3. The quantitative estimate of drug-likeness (QED) is 0.115. The van der Waals surface area contributed by atoms with Gasteiger partial charge in [-0.15, -0.1) is 0 Å². The van der Waals surface area contributed by atoms with Gasteiger partial charge in [0.2, 0.25) is 0 Å². The molecule has 5 heteroatoms. The standard InChI is InChI=1S/C21H44O5/c1-6-11-12-13-14-15-17-20(18-16-19-26-25-10-5)21(22-7-2,23-8-3)24-9-4/h20H,6-19H2,1-5H3. The fraction of sp³-hybridized carbons (Fsp3) is 1.00. The Morgan fingerprint density at radius 1 is 0.577 bits per heavy atom. The summed E-state index contributed by atoms with van der Waals surface area (Å²) in [5.41, 5.74) is 0. The lowest BCUT2D eigenvalue weighted by molar-refractivity contribution is -0.403. The number of rotatable bonds is 20. The molecule has 0 saturated carbocycles. The summed E-state index contributed by atoms with van der Waals surface area (Å²) < 4.78 is 18.1. The highest BCUT2D eigenvalue weighted by atomic mass is 17.2. The van der Waals surface area contributed by atoms with Crippen LogP contribution in [0.15, 0.2) is 0 Å². The predicted molar refractivity (Wildman–Crippen MR) is 106 cm³/mol. The Labute approximate surface area is 162 Å². The van der Waals surface area contributed by atoms with Crippen molar-refractivity contribution in [3.63, 3.8) is 0 Å². The molecule has 0 N–H and O–H groups in total. The number of ether oxygens (including phenoxy) is 3. The molecule has 0 aliphatic rings. The van der Waals surface area contributed by atoms with E-state index in [-0.39, 0.29) is 5.92 Å². The highest BCUT2D eigenvalue weighted by Gasteiger charge is 2.41. The van der Waals surface area contributed by atoms with E-state index in [1.807, 2.05) is 27.7 Å². The van der Waals surface area contributed by atoms with Crippen molar-refractivity contribution in [3.8, 4) is 0 Å². The third kappa shape index (κ3) is 11.5. The third-order valence-electron chi connectivity index (χ3n) is 4.42. The van der Waals surface area contributed by atoms with Crippen molar-refractivity contribution in [3.05, 3.63) is 0 Å². The van der Waals surface area contributed by atoms with Gasteiger partial charge in [-0.05, 0) is 47.0 Å². The minimum Gasteiger partial charge on any atom is -0.328 e. The molecule has 0 aliphatic heterocycles. The average Bonchev–Trinajstić information content (AvgIpc) is 2.63. The van der Waals surface area contributed by atoms with Crippen LogP contribution in [0.2, 0.25) is 0 Å². The molecule has 0 rings (SSSR count). The minimum atomic E-state index is -0.937. The topological polar surface area (TPSA) is 46.2 Å². The predicted octanol–water partition coefficient (Wildman–Crippen LogP) is 5.86. The summed E-state index contributed by atoms with van der Waals surface area (Å²) in [4.78, 5) is 10.2.